The van der Waals surface area contributed by atoms with E-state index in [2.05, 4.69) is 0 Å². The number of halogens is 1. The molecule has 4 heteroatoms. The molecule has 2 heterocycles. The van der Waals surface area contributed by atoms with Gasteiger partial charge in [-0.3, -0.25) is 9.59 Å². The molecule has 0 saturated carbocycles. The van der Waals surface area contributed by atoms with Crippen LogP contribution in [0.25, 0.3) is 5.52 Å². The maximum Gasteiger partial charge on any atom is 0.212 e. The lowest BCUT2D eigenvalue weighted by Gasteiger charge is -2.04. The van der Waals surface area contributed by atoms with Gasteiger partial charge in [0.15, 0.2) is 6.29 Å². The van der Waals surface area contributed by atoms with Crippen molar-refractivity contribution in [2.24, 2.45) is 0 Å². The molecule has 0 spiro atoms. The highest BCUT2D eigenvalue weighted by Crippen LogP contribution is 2.24. The fraction of sp³-hybridized carbons (Fsp3) is 0.0588. The first-order chi connectivity index (χ1) is 10.1. The van der Waals surface area contributed by atoms with E-state index >= 15 is 0 Å². The van der Waals surface area contributed by atoms with Gasteiger partial charge in [0.05, 0.1) is 16.8 Å². The summed E-state index contributed by atoms with van der Waals surface area (Å²) in [4.78, 5) is 23.9. The number of fused-ring (bicyclic) bond motifs is 1. The number of aromatic nitrogens is 1. The summed E-state index contributed by atoms with van der Waals surface area (Å²) in [5.41, 5.74) is 1.98. The van der Waals surface area contributed by atoms with Gasteiger partial charge >= 0.3 is 0 Å². The van der Waals surface area contributed by atoms with Crippen molar-refractivity contribution in [3.05, 3.63) is 76.9 Å². The second kappa shape index (κ2) is 4.98. The van der Waals surface area contributed by atoms with Crippen molar-refractivity contribution >= 4 is 17.6 Å². The quantitative estimate of drug-likeness (QED) is 0.545. The van der Waals surface area contributed by atoms with E-state index in [-0.39, 0.29) is 5.56 Å². The van der Waals surface area contributed by atoms with Gasteiger partial charge in [0, 0.05) is 11.8 Å². The SMILES string of the molecule is Cc1c(C=O)c2ccccn2c1C(=O)c1ccccc1F. The normalized spacial score (nSPS) is 10.8. The molecule has 0 aliphatic rings. The number of aldehydes is 1. The Labute approximate surface area is 120 Å². The number of carbonyl (C=O) groups is 2. The van der Waals surface area contributed by atoms with Crippen LogP contribution in [-0.2, 0) is 0 Å². The molecule has 0 N–H and O–H groups in total. The van der Waals surface area contributed by atoms with E-state index in [1.807, 2.05) is 0 Å². The minimum atomic E-state index is -0.569. The summed E-state index contributed by atoms with van der Waals surface area (Å²) in [6.07, 6.45) is 2.42. The molecule has 0 atom stereocenters. The Morgan fingerprint density at radius 1 is 1.14 bits per heavy atom. The molecule has 0 amide bonds. The number of nitrogens with zero attached hydrogens (tertiary/aromatic N) is 1. The third-order valence-electron chi connectivity index (χ3n) is 3.59. The van der Waals surface area contributed by atoms with Gasteiger partial charge in [-0.15, -0.1) is 0 Å². The van der Waals surface area contributed by atoms with Crippen LogP contribution in [0.5, 0.6) is 0 Å². The van der Waals surface area contributed by atoms with Crippen LogP contribution in [0, 0.1) is 12.7 Å². The second-order valence-electron chi connectivity index (χ2n) is 4.77. The van der Waals surface area contributed by atoms with E-state index in [1.54, 1.807) is 41.8 Å². The third kappa shape index (κ3) is 1.96. The molecule has 3 nitrogen and oxygen atoms in total. The number of ketones is 1. The minimum absolute atomic E-state index is 0.00121. The number of hydrogen-bond acceptors (Lipinski definition) is 2. The van der Waals surface area contributed by atoms with Crippen molar-refractivity contribution in [3.8, 4) is 0 Å². The first kappa shape index (κ1) is 13.2. The van der Waals surface area contributed by atoms with Gasteiger partial charge in [-0.1, -0.05) is 18.2 Å². The second-order valence-corrected chi connectivity index (χ2v) is 4.77. The fourth-order valence-electron chi connectivity index (χ4n) is 2.56. The van der Waals surface area contributed by atoms with Crippen molar-refractivity contribution in [2.45, 2.75) is 6.92 Å². The third-order valence-corrected chi connectivity index (χ3v) is 3.59. The summed E-state index contributed by atoms with van der Waals surface area (Å²) >= 11 is 0. The van der Waals surface area contributed by atoms with Crippen molar-refractivity contribution in [1.29, 1.82) is 0 Å². The molecule has 0 aliphatic heterocycles. The topological polar surface area (TPSA) is 38.5 Å². The van der Waals surface area contributed by atoms with Crippen LogP contribution in [-0.4, -0.2) is 16.5 Å². The Morgan fingerprint density at radius 3 is 2.57 bits per heavy atom. The summed E-state index contributed by atoms with van der Waals surface area (Å²) in [6.45, 7) is 1.70. The fourth-order valence-corrected chi connectivity index (χ4v) is 2.56. The Kier molecular flexibility index (Phi) is 3.14. The summed E-state index contributed by atoms with van der Waals surface area (Å²) in [7, 11) is 0. The zero-order chi connectivity index (χ0) is 15.0. The van der Waals surface area contributed by atoms with Crippen LogP contribution in [0.3, 0.4) is 0 Å². The molecule has 0 bridgehead atoms. The van der Waals surface area contributed by atoms with Gasteiger partial charge in [0.25, 0.3) is 0 Å². The number of pyridine rings is 1. The van der Waals surface area contributed by atoms with E-state index in [1.165, 1.54) is 18.2 Å². The molecule has 0 aliphatic carbocycles. The molecule has 0 radical (unpaired) electrons. The van der Waals surface area contributed by atoms with Gasteiger partial charge in [0.1, 0.15) is 5.82 Å². The summed E-state index contributed by atoms with van der Waals surface area (Å²) in [5.74, 6) is -1.000. The highest BCUT2D eigenvalue weighted by molar-refractivity contribution is 6.11. The number of carbonyl (C=O) groups excluding carboxylic acids is 2. The zero-order valence-electron chi connectivity index (χ0n) is 11.3. The average Bonchev–Trinajstić information content (AvgIpc) is 2.78. The van der Waals surface area contributed by atoms with Crippen molar-refractivity contribution in [3.63, 3.8) is 0 Å². The summed E-state index contributed by atoms with van der Waals surface area (Å²) in [5, 5.41) is 0. The number of hydrogen-bond donors (Lipinski definition) is 0. The van der Waals surface area contributed by atoms with Gasteiger partial charge in [-0.25, -0.2) is 4.39 Å². The van der Waals surface area contributed by atoms with Crippen molar-refractivity contribution < 1.29 is 14.0 Å². The monoisotopic (exact) mass is 281 g/mol. The van der Waals surface area contributed by atoms with Crippen LogP contribution in [0.15, 0.2) is 48.7 Å². The highest BCUT2D eigenvalue weighted by Gasteiger charge is 2.22. The van der Waals surface area contributed by atoms with Crippen LogP contribution in [0.1, 0.15) is 32.0 Å². The Morgan fingerprint density at radius 2 is 1.86 bits per heavy atom. The molecule has 0 fully saturated rings. The maximum atomic E-state index is 13.8. The van der Waals surface area contributed by atoms with Crippen molar-refractivity contribution in [1.82, 2.24) is 4.40 Å². The van der Waals surface area contributed by atoms with E-state index < -0.39 is 11.6 Å². The molecule has 0 unspecified atom stereocenters. The predicted octanol–water partition coefficient (Wildman–Crippen LogP) is 3.43. The predicted molar refractivity (Wildman–Crippen MR) is 77.4 cm³/mol. The van der Waals surface area contributed by atoms with Gasteiger partial charge in [-0.2, -0.15) is 0 Å². The first-order valence-electron chi connectivity index (χ1n) is 6.49. The zero-order valence-corrected chi connectivity index (χ0v) is 11.3. The largest absolute Gasteiger partial charge is 0.313 e. The molecule has 3 aromatic rings. The van der Waals surface area contributed by atoms with Crippen LogP contribution in [0.4, 0.5) is 4.39 Å². The molecule has 2 aromatic heterocycles. The molecule has 21 heavy (non-hydrogen) atoms. The maximum absolute atomic E-state index is 13.8. The summed E-state index contributed by atoms with van der Waals surface area (Å²) in [6, 6.07) is 11.2. The van der Waals surface area contributed by atoms with Crippen LogP contribution in [0.2, 0.25) is 0 Å². The average molecular weight is 281 g/mol. The smallest absolute Gasteiger partial charge is 0.212 e. The molecular formula is C17H12FNO2. The van der Waals surface area contributed by atoms with Crippen molar-refractivity contribution in [2.75, 3.05) is 0 Å². The molecule has 1 aromatic carbocycles. The lowest BCUT2D eigenvalue weighted by molar-refractivity contribution is 0.102. The highest BCUT2D eigenvalue weighted by atomic mass is 19.1. The Hall–Kier alpha value is -2.75. The van der Waals surface area contributed by atoms with Crippen LogP contribution < -0.4 is 0 Å². The minimum Gasteiger partial charge on any atom is -0.313 e. The Balaban J connectivity index is 2.31. The number of rotatable bonds is 3. The van der Waals surface area contributed by atoms with E-state index in [0.717, 1.165) is 6.29 Å². The van der Waals surface area contributed by atoms with E-state index in [0.29, 0.717) is 22.3 Å². The molecular weight excluding hydrogens is 269 g/mol. The lowest BCUT2D eigenvalue weighted by Crippen LogP contribution is -2.08. The Bertz CT molecular complexity index is 864. The molecule has 104 valence electrons. The van der Waals surface area contributed by atoms with Crippen LogP contribution >= 0.6 is 0 Å². The lowest BCUT2D eigenvalue weighted by atomic mass is 10.0. The van der Waals surface area contributed by atoms with E-state index in [4.69, 9.17) is 0 Å². The van der Waals surface area contributed by atoms with Gasteiger partial charge in [0.2, 0.25) is 5.78 Å². The van der Waals surface area contributed by atoms with E-state index in [9.17, 15) is 14.0 Å². The standard InChI is InChI=1S/C17H12FNO2/c1-11-13(10-20)15-8-4-5-9-19(15)16(11)17(21)12-6-2-3-7-14(12)18/h2-10H,1H3. The van der Waals surface area contributed by atoms with Gasteiger partial charge < -0.3 is 4.40 Å². The first-order valence-corrected chi connectivity index (χ1v) is 6.49. The molecule has 3 rings (SSSR count). The van der Waals surface area contributed by atoms with Gasteiger partial charge in [-0.05, 0) is 36.8 Å². The molecule has 0 saturated heterocycles. The summed E-state index contributed by atoms with van der Waals surface area (Å²) < 4.78 is 15.5. The number of benzene rings is 1.